The molecule has 0 aliphatic rings. The quantitative estimate of drug-likeness (QED) is 0.766. The zero-order chi connectivity index (χ0) is 15.1. The van der Waals surface area contributed by atoms with Gasteiger partial charge in [-0.2, -0.15) is 0 Å². The smallest absolute Gasteiger partial charge is 0.0410 e. The lowest BCUT2D eigenvalue weighted by atomic mass is 10.0. The normalized spacial score (nSPS) is 12.8. The topological polar surface area (TPSA) is 29.3 Å². The van der Waals surface area contributed by atoms with Crippen LogP contribution >= 0.6 is 11.6 Å². The van der Waals surface area contributed by atoms with E-state index in [1.165, 1.54) is 24.1 Å². The summed E-state index contributed by atoms with van der Waals surface area (Å²) in [5, 5.41) is 0.794. The summed E-state index contributed by atoms with van der Waals surface area (Å²) in [6.45, 7) is 10.9. The first-order valence-electron chi connectivity index (χ1n) is 7.80. The Morgan fingerprint density at radius 3 is 2.35 bits per heavy atom. The molecule has 2 N–H and O–H groups in total. The Labute approximate surface area is 129 Å². The van der Waals surface area contributed by atoms with Gasteiger partial charge in [0.15, 0.2) is 0 Å². The molecule has 0 amide bonds. The highest BCUT2D eigenvalue weighted by atomic mass is 35.5. The van der Waals surface area contributed by atoms with Crippen molar-refractivity contribution in [3.8, 4) is 0 Å². The van der Waals surface area contributed by atoms with Gasteiger partial charge in [-0.1, -0.05) is 38.3 Å². The third kappa shape index (κ3) is 4.99. The maximum Gasteiger partial charge on any atom is 0.0410 e. The van der Waals surface area contributed by atoms with Gasteiger partial charge in [0.1, 0.15) is 0 Å². The van der Waals surface area contributed by atoms with Crippen LogP contribution in [-0.2, 0) is 6.42 Å². The van der Waals surface area contributed by atoms with Crippen molar-refractivity contribution in [2.75, 3.05) is 18.0 Å². The Morgan fingerprint density at radius 1 is 1.20 bits per heavy atom. The molecule has 2 nitrogen and oxygen atoms in total. The maximum absolute atomic E-state index is 6.15. The van der Waals surface area contributed by atoms with Crippen molar-refractivity contribution in [3.05, 3.63) is 28.8 Å². The Hall–Kier alpha value is -0.730. The summed E-state index contributed by atoms with van der Waals surface area (Å²) in [4.78, 5) is 2.46. The van der Waals surface area contributed by atoms with Crippen molar-refractivity contribution in [1.82, 2.24) is 0 Å². The molecule has 1 atom stereocenters. The molecular formula is C17H29ClN2. The standard InChI is InChI=1S/C17H29ClN2/c1-5-14(6-2)12-20(7-3)17-9-8-16(18)11-15(17)10-13(4)19/h8-9,11,13-14H,5-7,10,12,19H2,1-4H3. The first kappa shape index (κ1) is 17.3. The van der Waals surface area contributed by atoms with E-state index in [1.807, 2.05) is 13.0 Å². The molecule has 1 rings (SSSR count). The lowest BCUT2D eigenvalue weighted by Crippen LogP contribution is -2.30. The average molecular weight is 297 g/mol. The third-order valence-corrected chi connectivity index (χ3v) is 4.17. The van der Waals surface area contributed by atoms with Crippen molar-refractivity contribution in [2.24, 2.45) is 11.7 Å². The highest BCUT2D eigenvalue weighted by molar-refractivity contribution is 6.30. The van der Waals surface area contributed by atoms with E-state index in [1.54, 1.807) is 0 Å². The summed E-state index contributed by atoms with van der Waals surface area (Å²) in [7, 11) is 0. The van der Waals surface area contributed by atoms with Gasteiger partial charge in [-0.25, -0.2) is 0 Å². The number of nitrogens with two attached hydrogens (primary N) is 1. The van der Waals surface area contributed by atoms with E-state index in [0.29, 0.717) is 0 Å². The Kier molecular flexibility index (Phi) is 7.39. The second-order valence-corrected chi connectivity index (χ2v) is 6.11. The van der Waals surface area contributed by atoms with Crippen LogP contribution in [0.5, 0.6) is 0 Å². The molecule has 0 heterocycles. The van der Waals surface area contributed by atoms with Crippen LogP contribution in [0.15, 0.2) is 18.2 Å². The Morgan fingerprint density at radius 2 is 1.85 bits per heavy atom. The van der Waals surface area contributed by atoms with Gasteiger partial charge in [-0.15, -0.1) is 0 Å². The van der Waals surface area contributed by atoms with Crippen molar-refractivity contribution >= 4 is 17.3 Å². The number of halogens is 1. The van der Waals surface area contributed by atoms with Crippen molar-refractivity contribution in [3.63, 3.8) is 0 Å². The number of anilines is 1. The average Bonchev–Trinajstić information content (AvgIpc) is 2.41. The Balaban J connectivity index is 3.01. The molecule has 0 saturated heterocycles. The fourth-order valence-corrected chi connectivity index (χ4v) is 2.82. The van der Waals surface area contributed by atoms with Gasteiger partial charge in [0.25, 0.3) is 0 Å². The van der Waals surface area contributed by atoms with E-state index in [4.69, 9.17) is 17.3 Å². The number of hydrogen-bond acceptors (Lipinski definition) is 2. The minimum absolute atomic E-state index is 0.152. The van der Waals surface area contributed by atoms with Crippen LogP contribution in [0.4, 0.5) is 5.69 Å². The van der Waals surface area contributed by atoms with Crippen LogP contribution in [0.2, 0.25) is 5.02 Å². The molecule has 0 aliphatic heterocycles. The van der Waals surface area contributed by atoms with Gasteiger partial charge in [0.05, 0.1) is 0 Å². The van der Waals surface area contributed by atoms with E-state index < -0.39 is 0 Å². The van der Waals surface area contributed by atoms with E-state index >= 15 is 0 Å². The zero-order valence-electron chi connectivity index (χ0n) is 13.3. The first-order chi connectivity index (χ1) is 9.51. The number of nitrogens with zero attached hydrogens (tertiary/aromatic N) is 1. The largest absolute Gasteiger partial charge is 0.371 e. The summed E-state index contributed by atoms with van der Waals surface area (Å²) in [6.07, 6.45) is 3.32. The minimum atomic E-state index is 0.152. The molecule has 0 saturated carbocycles. The molecule has 0 radical (unpaired) electrons. The summed E-state index contributed by atoms with van der Waals surface area (Å²) in [5.74, 6) is 0.744. The van der Waals surface area contributed by atoms with Crippen LogP contribution in [0, 0.1) is 5.92 Å². The number of benzene rings is 1. The van der Waals surface area contributed by atoms with Crippen molar-refractivity contribution in [2.45, 2.75) is 53.0 Å². The molecule has 114 valence electrons. The molecule has 1 aromatic carbocycles. The van der Waals surface area contributed by atoms with Gasteiger partial charge in [0, 0.05) is 29.8 Å². The zero-order valence-corrected chi connectivity index (χ0v) is 14.1. The van der Waals surface area contributed by atoms with E-state index in [0.717, 1.165) is 30.5 Å². The first-order valence-corrected chi connectivity index (χ1v) is 8.18. The second kappa shape index (κ2) is 8.53. The van der Waals surface area contributed by atoms with Crippen LogP contribution in [0.3, 0.4) is 0 Å². The van der Waals surface area contributed by atoms with Crippen molar-refractivity contribution < 1.29 is 0 Å². The lowest BCUT2D eigenvalue weighted by molar-refractivity contribution is 0.485. The molecule has 0 aromatic heterocycles. The highest BCUT2D eigenvalue weighted by Gasteiger charge is 2.15. The van der Waals surface area contributed by atoms with E-state index in [2.05, 4.69) is 37.8 Å². The van der Waals surface area contributed by atoms with Gasteiger partial charge in [0.2, 0.25) is 0 Å². The van der Waals surface area contributed by atoms with Gasteiger partial charge >= 0.3 is 0 Å². The Bertz CT molecular complexity index is 400. The SMILES string of the molecule is CCC(CC)CN(CC)c1ccc(Cl)cc1CC(C)N. The fraction of sp³-hybridized carbons (Fsp3) is 0.647. The fourth-order valence-electron chi connectivity index (χ4n) is 2.63. The third-order valence-electron chi connectivity index (χ3n) is 3.94. The monoisotopic (exact) mass is 296 g/mol. The van der Waals surface area contributed by atoms with Crippen LogP contribution in [-0.4, -0.2) is 19.1 Å². The molecule has 20 heavy (non-hydrogen) atoms. The summed E-state index contributed by atoms with van der Waals surface area (Å²) in [5.41, 5.74) is 8.53. The van der Waals surface area contributed by atoms with Gasteiger partial charge < -0.3 is 10.6 Å². The summed E-state index contributed by atoms with van der Waals surface area (Å²) < 4.78 is 0. The number of rotatable bonds is 8. The maximum atomic E-state index is 6.15. The van der Waals surface area contributed by atoms with Crippen molar-refractivity contribution in [1.29, 1.82) is 0 Å². The molecule has 0 spiro atoms. The van der Waals surface area contributed by atoms with Crippen LogP contribution < -0.4 is 10.6 Å². The summed E-state index contributed by atoms with van der Waals surface area (Å²) >= 11 is 6.15. The molecule has 1 unspecified atom stereocenters. The molecule has 0 bridgehead atoms. The summed E-state index contributed by atoms with van der Waals surface area (Å²) in [6, 6.07) is 6.35. The van der Waals surface area contributed by atoms with E-state index in [-0.39, 0.29) is 6.04 Å². The molecule has 3 heteroatoms. The highest BCUT2D eigenvalue weighted by Crippen LogP contribution is 2.27. The van der Waals surface area contributed by atoms with Crippen LogP contribution in [0.1, 0.15) is 46.1 Å². The number of hydrogen-bond donors (Lipinski definition) is 1. The van der Waals surface area contributed by atoms with Gasteiger partial charge in [-0.05, 0) is 49.9 Å². The molecule has 1 aromatic rings. The van der Waals surface area contributed by atoms with Gasteiger partial charge in [-0.3, -0.25) is 0 Å². The molecular weight excluding hydrogens is 268 g/mol. The predicted octanol–water partition coefficient (Wildman–Crippen LogP) is 4.49. The van der Waals surface area contributed by atoms with Crippen LogP contribution in [0.25, 0.3) is 0 Å². The molecule has 0 fully saturated rings. The minimum Gasteiger partial charge on any atom is -0.371 e. The molecule has 0 aliphatic carbocycles. The predicted molar refractivity (Wildman–Crippen MR) is 90.8 cm³/mol. The lowest BCUT2D eigenvalue weighted by Gasteiger charge is -2.30. The van der Waals surface area contributed by atoms with E-state index in [9.17, 15) is 0 Å². The second-order valence-electron chi connectivity index (χ2n) is 5.68.